The van der Waals surface area contributed by atoms with Gasteiger partial charge in [-0.1, -0.05) is 24.1 Å². The molecule has 1 fully saturated rings. The third-order valence-electron chi connectivity index (χ3n) is 3.41. The van der Waals surface area contributed by atoms with Gasteiger partial charge in [-0.05, 0) is 37.1 Å². The van der Waals surface area contributed by atoms with E-state index >= 15 is 0 Å². The van der Waals surface area contributed by atoms with Crippen molar-refractivity contribution in [3.63, 3.8) is 0 Å². The minimum Gasteiger partial charge on any atom is -0.340 e. The van der Waals surface area contributed by atoms with Crippen molar-refractivity contribution in [1.82, 2.24) is 10.2 Å². The highest BCUT2D eigenvalue weighted by molar-refractivity contribution is 6.31. The van der Waals surface area contributed by atoms with E-state index in [0.717, 1.165) is 31.4 Å². The molecule has 1 aliphatic heterocycles. The molecular weight excluding hydrogens is 267 g/mol. The number of benzene rings is 1. The van der Waals surface area contributed by atoms with E-state index in [2.05, 4.69) is 5.32 Å². The molecule has 3 nitrogen and oxygen atoms in total. The van der Waals surface area contributed by atoms with E-state index in [1.807, 2.05) is 0 Å². The predicted octanol–water partition coefficient (Wildman–Crippen LogP) is 2.58. The maximum atomic E-state index is 13.0. The summed E-state index contributed by atoms with van der Waals surface area (Å²) < 4.78 is 13.0. The fraction of sp³-hybridized carbons (Fsp3) is 0.500. The molecule has 5 heteroatoms. The number of nitrogens with one attached hydrogen (secondary N) is 1. The Morgan fingerprint density at radius 3 is 2.95 bits per heavy atom. The van der Waals surface area contributed by atoms with Crippen molar-refractivity contribution in [1.29, 1.82) is 0 Å². The highest BCUT2D eigenvalue weighted by Crippen LogP contribution is 2.19. The van der Waals surface area contributed by atoms with Crippen LogP contribution in [0.15, 0.2) is 18.2 Å². The summed E-state index contributed by atoms with van der Waals surface area (Å²) in [7, 11) is 1.75. The average Bonchev–Trinajstić information content (AvgIpc) is 2.42. The maximum absolute atomic E-state index is 13.0. The van der Waals surface area contributed by atoms with Crippen LogP contribution in [0.3, 0.4) is 0 Å². The number of halogens is 2. The zero-order valence-electron chi connectivity index (χ0n) is 11.0. The van der Waals surface area contributed by atoms with E-state index in [1.165, 1.54) is 12.1 Å². The van der Waals surface area contributed by atoms with Crippen LogP contribution in [0.25, 0.3) is 0 Å². The molecule has 19 heavy (non-hydrogen) atoms. The zero-order chi connectivity index (χ0) is 13.8. The SMILES string of the molecule is CN(Cc1ccc(F)cc1Cl)C(=O)[C@@H]1CCCCN1. The molecule has 0 bridgehead atoms. The van der Waals surface area contributed by atoms with Crippen LogP contribution >= 0.6 is 11.6 Å². The molecular formula is C14H18ClFN2O. The van der Waals surface area contributed by atoms with Crippen molar-refractivity contribution in [3.8, 4) is 0 Å². The lowest BCUT2D eigenvalue weighted by molar-refractivity contribution is -0.133. The summed E-state index contributed by atoms with van der Waals surface area (Å²) >= 11 is 5.97. The van der Waals surface area contributed by atoms with Gasteiger partial charge < -0.3 is 10.2 Å². The summed E-state index contributed by atoms with van der Waals surface area (Å²) in [4.78, 5) is 13.9. The predicted molar refractivity (Wildman–Crippen MR) is 73.5 cm³/mol. The van der Waals surface area contributed by atoms with E-state index in [-0.39, 0.29) is 17.8 Å². The van der Waals surface area contributed by atoms with Gasteiger partial charge in [0.1, 0.15) is 5.82 Å². The fourth-order valence-corrected chi connectivity index (χ4v) is 2.54. The van der Waals surface area contributed by atoms with Gasteiger partial charge in [0.25, 0.3) is 0 Å². The molecule has 0 radical (unpaired) electrons. The second kappa shape index (κ2) is 6.35. The van der Waals surface area contributed by atoms with Gasteiger partial charge in [0.05, 0.1) is 6.04 Å². The van der Waals surface area contributed by atoms with E-state index in [1.54, 1.807) is 18.0 Å². The van der Waals surface area contributed by atoms with Crippen LogP contribution in [0.4, 0.5) is 4.39 Å². The van der Waals surface area contributed by atoms with Crippen LogP contribution in [0.2, 0.25) is 5.02 Å². The van der Waals surface area contributed by atoms with Gasteiger partial charge in [0.15, 0.2) is 0 Å². The van der Waals surface area contributed by atoms with Gasteiger partial charge >= 0.3 is 0 Å². The number of carbonyl (C=O) groups excluding carboxylic acids is 1. The first kappa shape index (κ1) is 14.3. The lowest BCUT2D eigenvalue weighted by Gasteiger charge is -2.27. The number of piperidine rings is 1. The van der Waals surface area contributed by atoms with E-state index in [0.29, 0.717) is 11.6 Å². The Balaban J connectivity index is 1.99. The van der Waals surface area contributed by atoms with E-state index in [4.69, 9.17) is 11.6 Å². The molecule has 1 heterocycles. The molecule has 104 valence electrons. The third kappa shape index (κ3) is 3.67. The number of amides is 1. The van der Waals surface area contributed by atoms with Gasteiger partial charge in [0, 0.05) is 18.6 Å². The summed E-state index contributed by atoms with van der Waals surface area (Å²) in [6.45, 7) is 1.29. The quantitative estimate of drug-likeness (QED) is 0.925. The monoisotopic (exact) mass is 284 g/mol. The summed E-state index contributed by atoms with van der Waals surface area (Å²) in [5.74, 6) is -0.295. The van der Waals surface area contributed by atoms with Crippen molar-refractivity contribution in [2.75, 3.05) is 13.6 Å². The van der Waals surface area contributed by atoms with Crippen LogP contribution in [0, 0.1) is 5.82 Å². The number of nitrogens with zero attached hydrogens (tertiary/aromatic N) is 1. The zero-order valence-corrected chi connectivity index (χ0v) is 11.7. The van der Waals surface area contributed by atoms with Crippen molar-refractivity contribution in [2.24, 2.45) is 0 Å². The third-order valence-corrected chi connectivity index (χ3v) is 3.76. The smallest absolute Gasteiger partial charge is 0.239 e. The summed E-state index contributed by atoms with van der Waals surface area (Å²) in [5, 5.41) is 3.58. The van der Waals surface area contributed by atoms with Gasteiger partial charge in [-0.15, -0.1) is 0 Å². The fourth-order valence-electron chi connectivity index (χ4n) is 2.31. The molecule has 0 spiro atoms. The molecule has 0 aromatic heterocycles. The molecule has 1 aromatic carbocycles. The molecule has 1 saturated heterocycles. The molecule has 1 atom stereocenters. The molecule has 0 saturated carbocycles. The first-order valence-electron chi connectivity index (χ1n) is 6.50. The van der Waals surface area contributed by atoms with Crippen molar-refractivity contribution in [3.05, 3.63) is 34.6 Å². The molecule has 2 rings (SSSR count). The molecule has 1 aromatic rings. The maximum Gasteiger partial charge on any atom is 0.239 e. The van der Waals surface area contributed by atoms with Gasteiger partial charge in [-0.2, -0.15) is 0 Å². The number of hydrogen-bond donors (Lipinski definition) is 1. The number of likely N-dealkylation sites (N-methyl/N-ethyl adjacent to an activating group) is 1. The number of rotatable bonds is 3. The second-order valence-corrected chi connectivity index (χ2v) is 5.34. The Morgan fingerprint density at radius 2 is 2.32 bits per heavy atom. The Labute approximate surface area is 117 Å². The van der Waals surface area contributed by atoms with Gasteiger partial charge in [0.2, 0.25) is 5.91 Å². The van der Waals surface area contributed by atoms with Gasteiger partial charge in [-0.25, -0.2) is 4.39 Å². The highest BCUT2D eigenvalue weighted by atomic mass is 35.5. The standard InChI is InChI=1S/C14H18ClFN2O/c1-18(14(19)13-4-2-3-7-17-13)9-10-5-6-11(16)8-12(10)15/h5-6,8,13,17H,2-4,7,9H2,1H3/t13-/m0/s1. The van der Waals surface area contributed by atoms with Crippen LogP contribution in [0.1, 0.15) is 24.8 Å². The van der Waals surface area contributed by atoms with E-state index in [9.17, 15) is 9.18 Å². The molecule has 1 aliphatic rings. The Morgan fingerprint density at radius 1 is 1.53 bits per heavy atom. The normalized spacial score (nSPS) is 19.2. The van der Waals surface area contributed by atoms with Crippen LogP contribution in [0.5, 0.6) is 0 Å². The first-order valence-corrected chi connectivity index (χ1v) is 6.88. The average molecular weight is 285 g/mol. The van der Waals surface area contributed by atoms with Crippen LogP contribution in [-0.2, 0) is 11.3 Å². The van der Waals surface area contributed by atoms with E-state index < -0.39 is 0 Å². The van der Waals surface area contributed by atoms with Crippen LogP contribution in [-0.4, -0.2) is 30.4 Å². The van der Waals surface area contributed by atoms with Crippen molar-refractivity contribution in [2.45, 2.75) is 31.8 Å². The molecule has 1 amide bonds. The second-order valence-electron chi connectivity index (χ2n) is 4.93. The molecule has 1 N–H and O–H groups in total. The lowest BCUT2D eigenvalue weighted by Crippen LogP contribution is -2.47. The highest BCUT2D eigenvalue weighted by Gasteiger charge is 2.23. The van der Waals surface area contributed by atoms with Crippen molar-refractivity contribution >= 4 is 17.5 Å². The summed E-state index contributed by atoms with van der Waals surface area (Å²) in [6.07, 6.45) is 3.08. The number of carbonyl (C=O) groups is 1. The Kier molecular flexibility index (Phi) is 4.77. The minimum absolute atomic E-state index is 0.0695. The first-order chi connectivity index (χ1) is 9.08. The van der Waals surface area contributed by atoms with Crippen molar-refractivity contribution < 1.29 is 9.18 Å². The Hall–Kier alpha value is -1.13. The summed E-state index contributed by atoms with van der Waals surface area (Å²) in [6, 6.07) is 4.15. The van der Waals surface area contributed by atoms with Crippen LogP contribution < -0.4 is 5.32 Å². The Bertz CT molecular complexity index is 461. The largest absolute Gasteiger partial charge is 0.340 e. The minimum atomic E-state index is -0.364. The topological polar surface area (TPSA) is 32.3 Å². The van der Waals surface area contributed by atoms with Gasteiger partial charge in [-0.3, -0.25) is 4.79 Å². The lowest BCUT2D eigenvalue weighted by atomic mass is 10.0. The molecule has 0 unspecified atom stereocenters. The number of hydrogen-bond acceptors (Lipinski definition) is 2. The molecule has 0 aliphatic carbocycles. The summed E-state index contributed by atoms with van der Waals surface area (Å²) in [5.41, 5.74) is 0.759.